The van der Waals surface area contributed by atoms with Gasteiger partial charge in [-0.1, -0.05) is 43.6 Å². The summed E-state index contributed by atoms with van der Waals surface area (Å²) < 4.78 is 0. The molecule has 1 aliphatic rings. The van der Waals surface area contributed by atoms with E-state index in [4.69, 9.17) is 17.3 Å². The van der Waals surface area contributed by atoms with Crippen LogP contribution in [0.4, 0.5) is 0 Å². The Morgan fingerprint density at radius 3 is 2.74 bits per heavy atom. The highest BCUT2D eigenvalue weighted by Crippen LogP contribution is 2.26. The monoisotopic (exact) mass is 280 g/mol. The lowest BCUT2D eigenvalue weighted by molar-refractivity contribution is 0.292. The molecule has 1 aliphatic heterocycles. The largest absolute Gasteiger partial charge is 0.324 e. The molecule has 2 nitrogen and oxygen atoms in total. The van der Waals surface area contributed by atoms with E-state index in [2.05, 4.69) is 18.7 Å². The first kappa shape index (κ1) is 14.8. The summed E-state index contributed by atoms with van der Waals surface area (Å²) >= 11 is 6.19. The van der Waals surface area contributed by atoms with Crippen molar-refractivity contribution in [3.8, 4) is 0 Å². The highest BCUT2D eigenvalue weighted by Gasteiger charge is 2.24. The molecule has 0 radical (unpaired) electrons. The Labute approximate surface area is 121 Å². The molecular formula is C16H25ClN2. The van der Waals surface area contributed by atoms with E-state index in [9.17, 15) is 0 Å². The second-order valence-electron chi connectivity index (χ2n) is 6.01. The van der Waals surface area contributed by atoms with Crippen LogP contribution in [0.15, 0.2) is 24.3 Å². The summed E-state index contributed by atoms with van der Waals surface area (Å²) in [5.74, 6) is 1.65. The zero-order valence-corrected chi connectivity index (χ0v) is 12.7. The van der Waals surface area contributed by atoms with Crippen LogP contribution in [0, 0.1) is 11.8 Å². The average molecular weight is 281 g/mol. The maximum Gasteiger partial charge on any atom is 0.0453 e. The van der Waals surface area contributed by atoms with Gasteiger partial charge in [0.2, 0.25) is 0 Å². The summed E-state index contributed by atoms with van der Waals surface area (Å²) in [5.41, 5.74) is 7.33. The van der Waals surface area contributed by atoms with Gasteiger partial charge >= 0.3 is 0 Å². The van der Waals surface area contributed by atoms with E-state index in [1.165, 1.54) is 19.5 Å². The number of hydrogen-bond acceptors (Lipinski definition) is 2. The van der Waals surface area contributed by atoms with Gasteiger partial charge in [-0.05, 0) is 49.4 Å². The molecule has 19 heavy (non-hydrogen) atoms. The lowest BCUT2D eigenvalue weighted by Gasteiger charge is -2.20. The molecule has 1 fully saturated rings. The third-order valence-corrected chi connectivity index (χ3v) is 4.66. The first-order valence-electron chi connectivity index (χ1n) is 7.30. The first-order chi connectivity index (χ1) is 9.08. The maximum absolute atomic E-state index is 6.26. The summed E-state index contributed by atoms with van der Waals surface area (Å²) in [6.07, 6.45) is 2.31. The molecule has 0 amide bonds. The smallest absolute Gasteiger partial charge is 0.0453 e. The first-order valence-corrected chi connectivity index (χ1v) is 7.68. The number of nitrogens with two attached hydrogens (primary N) is 1. The zero-order valence-electron chi connectivity index (χ0n) is 12.0. The normalized spacial score (nSPS) is 22.1. The minimum Gasteiger partial charge on any atom is -0.324 e. The fourth-order valence-corrected chi connectivity index (χ4v) is 3.14. The van der Waals surface area contributed by atoms with Crippen molar-refractivity contribution >= 4 is 11.6 Å². The van der Waals surface area contributed by atoms with Crippen molar-refractivity contribution in [1.82, 2.24) is 4.90 Å². The molecule has 1 aromatic carbocycles. The van der Waals surface area contributed by atoms with E-state index in [0.29, 0.717) is 0 Å². The summed E-state index contributed by atoms with van der Waals surface area (Å²) in [5, 5.41) is 0.788. The quantitative estimate of drug-likeness (QED) is 0.891. The van der Waals surface area contributed by atoms with Gasteiger partial charge in [-0.2, -0.15) is 0 Å². The van der Waals surface area contributed by atoms with Crippen LogP contribution >= 0.6 is 11.6 Å². The molecule has 2 atom stereocenters. The molecular weight excluding hydrogens is 256 g/mol. The summed E-state index contributed by atoms with van der Waals surface area (Å²) in [7, 11) is 0. The van der Waals surface area contributed by atoms with Crippen molar-refractivity contribution in [3.05, 3.63) is 34.9 Å². The predicted octanol–water partition coefficient (Wildman–Crippen LogP) is 3.71. The lowest BCUT2D eigenvalue weighted by Crippen LogP contribution is -2.26. The minimum atomic E-state index is 0.0480. The van der Waals surface area contributed by atoms with E-state index < -0.39 is 0 Å². The Morgan fingerprint density at radius 1 is 1.37 bits per heavy atom. The van der Waals surface area contributed by atoms with Crippen LogP contribution in [-0.4, -0.2) is 24.5 Å². The number of nitrogens with zero attached hydrogens (tertiary/aromatic N) is 1. The van der Waals surface area contributed by atoms with Gasteiger partial charge in [-0.15, -0.1) is 0 Å². The number of halogens is 1. The van der Waals surface area contributed by atoms with E-state index >= 15 is 0 Å². The van der Waals surface area contributed by atoms with Crippen LogP contribution in [0.1, 0.15) is 38.3 Å². The molecule has 2 N–H and O–H groups in total. The Balaban J connectivity index is 1.82. The number of hydrogen-bond donors (Lipinski definition) is 1. The van der Waals surface area contributed by atoms with Crippen LogP contribution < -0.4 is 5.73 Å². The maximum atomic E-state index is 6.26. The van der Waals surface area contributed by atoms with Gasteiger partial charge in [-0.3, -0.25) is 0 Å². The number of rotatable bonds is 5. The molecule has 2 unspecified atom stereocenters. The molecule has 0 aliphatic carbocycles. The van der Waals surface area contributed by atoms with Crippen molar-refractivity contribution in [2.45, 2.75) is 32.7 Å². The second kappa shape index (κ2) is 6.74. The van der Waals surface area contributed by atoms with E-state index in [0.717, 1.165) is 35.4 Å². The summed E-state index contributed by atoms with van der Waals surface area (Å²) in [6, 6.07) is 7.96. The number of benzene rings is 1. The molecule has 3 heteroatoms. The third-order valence-electron chi connectivity index (χ3n) is 4.31. The molecule has 2 rings (SSSR count). The summed E-state index contributed by atoms with van der Waals surface area (Å²) in [6.45, 7) is 8.17. The van der Waals surface area contributed by atoms with Crippen molar-refractivity contribution in [1.29, 1.82) is 0 Å². The van der Waals surface area contributed by atoms with E-state index in [1.54, 1.807) is 0 Å². The van der Waals surface area contributed by atoms with Crippen LogP contribution in [0.5, 0.6) is 0 Å². The van der Waals surface area contributed by atoms with Crippen molar-refractivity contribution in [2.75, 3.05) is 19.6 Å². The average Bonchev–Trinajstić information content (AvgIpc) is 2.85. The Bertz CT molecular complexity index is 405. The molecule has 1 heterocycles. The molecule has 0 saturated carbocycles. The molecule has 106 valence electrons. The van der Waals surface area contributed by atoms with Crippen LogP contribution in [0.3, 0.4) is 0 Å². The van der Waals surface area contributed by atoms with E-state index in [-0.39, 0.29) is 6.04 Å². The summed E-state index contributed by atoms with van der Waals surface area (Å²) in [4.78, 5) is 2.54. The van der Waals surface area contributed by atoms with Crippen molar-refractivity contribution < 1.29 is 0 Å². The van der Waals surface area contributed by atoms with Crippen LogP contribution in [0.25, 0.3) is 0 Å². The van der Waals surface area contributed by atoms with Crippen molar-refractivity contribution in [2.24, 2.45) is 17.6 Å². The third kappa shape index (κ3) is 3.95. The van der Waals surface area contributed by atoms with Crippen LogP contribution in [-0.2, 0) is 0 Å². The van der Waals surface area contributed by atoms with Gasteiger partial charge in [0.05, 0.1) is 0 Å². The van der Waals surface area contributed by atoms with Gasteiger partial charge in [0.15, 0.2) is 0 Å². The molecule has 1 aromatic rings. The Morgan fingerprint density at radius 2 is 2.11 bits per heavy atom. The van der Waals surface area contributed by atoms with Crippen LogP contribution in [0.2, 0.25) is 5.02 Å². The van der Waals surface area contributed by atoms with Gasteiger partial charge in [-0.25, -0.2) is 0 Å². The lowest BCUT2D eigenvalue weighted by atomic mass is 9.95. The Hall–Kier alpha value is -0.570. The van der Waals surface area contributed by atoms with E-state index in [1.807, 2.05) is 24.3 Å². The fraction of sp³-hybridized carbons (Fsp3) is 0.625. The second-order valence-corrected chi connectivity index (χ2v) is 6.42. The Kier molecular flexibility index (Phi) is 5.26. The predicted molar refractivity (Wildman–Crippen MR) is 82.4 cm³/mol. The van der Waals surface area contributed by atoms with Gasteiger partial charge < -0.3 is 10.6 Å². The highest BCUT2D eigenvalue weighted by atomic mass is 35.5. The standard InChI is InChI=1S/C16H25ClN2/c1-12(2)13-7-9-19(11-13)10-8-16(18)14-5-3-4-6-15(14)17/h3-6,12-13,16H,7-11,18H2,1-2H3. The molecule has 1 saturated heterocycles. The molecule has 0 aromatic heterocycles. The highest BCUT2D eigenvalue weighted by molar-refractivity contribution is 6.31. The minimum absolute atomic E-state index is 0.0480. The van der Waals surface area contributed by atoms with Gasteiger partial charge in [0, 0.05) is 17.6 Å². The fourth-order valence-electron chi connectivity index (χ4n) is 2.86. The van der Waals surface area contributed by atoms with Gasteiger partial charge in [0.25, 0.3) is 0 Å². The molecule has 0 spiro atoms. The zero-order chi connectivity index (χ0) is 13.8. The molecule has 0 bridgehead atoms. The number of likely N-dealkylation sites (tertiary alicyclic amines) is 1. The topological polar surface area (TPSA) is 29.3 Å². The van der Waals surface area contributed by atoms with Crippen molar-refractivity contribution in [3.63, 3.8) is 0 Å². The van der Waals surface area contributed by atoms with Gasteiger partial charge in [0.1, 0.15) is 0 Å². The SMILES string of the molecule is CC(C)C1CCN(CCC(N)c2ccccc2Cl)C1.